The number of nitrogens with one attached hydrogen (secondary N) is 1. The van der Waals surface area contributed by atoms with Crippen LogP contribution in [0.4, 0.5) is 4.79 Å². The van der Waals surface area contributed by atoms with E-state index in [1.807, 2.05) is 48.5 Å². The molecule has 0 unspecified atom stereocenters. The SMILES string of the molecule is COC(=O)[C@@H](NC(=O)OCC1c2ccccc2-c2ccccc21)C(C)=O. The molecular formula is C20H19NO5. The van der Waals surface area contributed by atoms with Gasteiger partial charge in [0.2, 0.25) is 0 Å². The van der Waals surface area contributed by atoms with Gasteiger partial charge in [-0.2, -0.15) is 0 Å². The molecule has 6 nitrogen and oxygen atoms in total. The molecule has 2 aromatic carbocycles. The zero-order valence-electron chi connectivity index (χ0n) is 14.5. The van der Waals surface area contributed by atoms with Gasteiger partial charge in [-0.05, 0) is 29.2 Å². The first kappa shape index (κ1) is 17.7. The van der Waals surface area contributed by atoms with Gasteiger partial charge in [-0.15, -0.1) is 0 Å². The van der Waals surface area contributed by atoms with Gasteiger partial charge in [0.05, 0.1) is 7.11 Å². The maximum Gasteiger partial charge on any atom is 0.408 e. The summed E-state index contributed by atoms with van der Waals surface area (Å²) in [5.41, 5.74) is 4.40. The van der Waals surface area contributed by atoms with Crippen LogP contribution in [0.1, 0.15) is 24.0 Å². The fraction of sp³-hybridized carbons (Fsp3) is 0.250. The molecule has 3 rings (SSSR count). The van der Waals surface area contributed by atoms with Gasteiger partial charge >= 0.3 is 12.1 Å². The van der Waals surface area contributed by atoms with Crippen LogP contribution in [0.2, 0.25) is 0 Å². The van der Waals surface area contributed by atoms with E-state index in [2.05, 4.69) is 10.1 Å². The molecule has 0 heterocycles. The molecule has 26 heavy (non-hydrogen) atoms. The summed E-state index contributed by atoms with van der Waals surface area (Å²) in [6.45, 7) is 1.30. The predicted molar refractivity (Wildman–Crippen MR) is 94.7 cm³/mol. The Labute approximate surface area is 151 Å². The molecule has 0 saturated heterocycles. The molecule has 1 aliphatic carbocycles. The van der Waals surface area contributed by atoms with Gasteiger partial charge in [-0.1, -0.05) is 48.5 Å². The number of esters is 1. The van der Waals surface area contributed by atoms with Crippen LogP contribution in [-0.2, 0) is 19.1 Å². The number of carbonyl (C=O) groups is 3. The maximum atomic E-state index is 12.1. The van der Waals surface area contributed by atoms with Gasteiger partial charge in [0, 0.05) is 5.92 Å². The fourth-order valence-electron chi connectivity index (χ4n) is 3.20. The highest BCUT2D eigenvalue weighted by atomic mass is 16.6. The molecule has 0 saturated carbocycles. The number of methoxy groups -OCH3 is 1. The zero-order valence-corrected chi connectivity index (χ0v) is 14.5. The third kappa shape index (κ3) is 3.31. The number of benzene rings is 2. The Balaban J connectivity index is 1.73. The summed E-state index contributed by atoms with van der Waals surface area (Å²) >= 11 is 0. The van der Waals surface area contributed by atoms with Gasteiger partial charge in [0.15, 0.2) is 11.8 Å². The number of hydrogen-bond donors (Lipinski definition) is 1. The maximum absolute atomic E-state index is 12.1. The Kier molecular flexibility index (Phi) is 5.02. The minimum absolute atomic E-state index is 0.0953. The average molecular weight is 353 g/mol. The number of rotatable bonds is 5. The van der Waals surface area contributed by atoms with E-state index >= 15 is 0 Å². The summed E-state index contributed by atoms with van der Waals surface area (Å²) in [5, 5.41) is 2.25. The molecule has 0 spiro atoms. The first-order chi connectivity index (χ1) is 12.5. The Hall–Kier alpha value is -3.15. The fourth-order valence-corrected chi connectivity index (χ4v) is 3.20. The first-order valence-corrected chi connectivity index (χ1v) is 8.22. The molecule has 1 N–H and O–H groups in total. The number of ether oxygens (including phenoxy) is 2. The second-order valence-electron chi connectivity index (χ2n) is 6.04. The Morgan fingerprint density at radius 3 is 2.04 bits per heavy atom. The van der Waals surface area contributed by atoms with Crippen molar-refractivity contribution in [3.05, 3.63) is 59.7 Å². The topological polar surface area (TPSA) is 81.7 Å². The molecule has 134 valence electrons. The molecular weight excluding hydrogens is 334 g/mol. The largest absolute Gasteiger partial charge is 0.467 e. The van der Waals surface area contributed by atoms with Crippen molar-refractivity contribution in [1.82, 2.24) is 5.32 Å². The van der Waals surface area contributed by atoms with E-state index in [0.717, 1.165) is 29.4 Å². The summed E-state index contributed by atoms with van der Waals surface area (Å²) in [6, 6.07) is 14.6. The number of Topliss-reactive ketones (excluding diaryl/α,β-unsaturated/α-hetero) is 1. The smallest absolute Gasteiger partial charge is 0.408 e. The van der Waals surface area contributed by atoms with Crippen LogP contribution in [0, 0.1) is 0 Å². The molecule has 1 atom stereocenters. The van der Waals surface area contributed by atoms with Gasteiger partial charge in [0.1, 0.15) is 6.61 Å². The van der Waals surface area contributed by atoms with E-state index in [4.69, 9.17) is 4.74 Å². The van der Waals surface area contributed by atoms with E-state index in [-0.39, 0.29) is 12.5 Å². The highest BCUT2D eigenvalue weighted by molar-refractivity contribution is 6.04. The molecule has 0 aliphatic heterocycles. The number of amides is 1. The third-order valence-electron chi connectivity index (χ3n) is 4.45. The Bertz CT molecular complexity index is 815. The van der Waals surface area contributed by atoms with Crippen molar-refractivity contribution in [2.24, 2.45) is 0 Å². The van der Waals surface area contributed by atoms with Crippen LogP contribution in [0.5, 0.6) is 0 Å². The molecule has 1 amide bonds. The van der Waals surface area contributed by atoms with Crippen LogP contribution < -0.4 is 5.32 Å². The van der Waals surface area contributed by atoms with Crippen LogP contribution in [0.15, 0.2) is 48.5 Å². The molecule has 1 aliphatic rings. The average Bonchev–Trinajstić information content (AvgIpc) is 2.97. The quantitative estimate of drug-likeness (QED) is 0.660. The number of hydrogen-bond acceptors (Lipinski definition) is 5. The second kappa shape index (κ2) is 7.39. The van der Waals surface area contributed by atoms with Crippen molar-refractivity contribution in [1.29, 1.82) is 0 Å². The van der Waals surface area contributed by atoms with Crippen molar-refractivity contribution < 1.29 is 23.9 Å². The van der Waals surface area contributed by atoms with Crippen LogP contribution in [0.25, 0.3) is 11.1 Å². The lowest BCUT2D eigenvalue weighted by Gasteiger charge is -2.17. The van der Waals surface area contributed by atoms with Crippen LogP contribution >= 0.6 is 0 Å². The van der Waals surface area contributed by atoms with E-state index in [9.17, 15) is 14.4 Å². The summed E-state index contributed by atoms with van der Waals surface area (Å²) < 4.78 is 9.82. The highest BCUT2D eigenvalue weighted by Gasteiger charge is 2.30. The summed E-state index contributed by atoms with van der Waals surface area (Å²) in [4.78, 5) is 35.1. The van der Waals surface area contributed by atoms with E-state index in [1.165, 1.54) is 6.92 Å². The molecule has 0 bridgehead atoms. The molecule has 6 heteroatoms. The lowest BCUT2D eigenvalue weighted by Crippen LogP contribution is -2.46. The normalized spacial score (nSPS) is 13.3. The van der Waals surface area contributed by atoms with Crippen molar-refractivity contribution in [3.63, 3.8) is 0 Å². The summed E-state index contributed by atoms with van der Waals surface area (Å²) in [7, 11) is 1.15. The van der Waals surface area contributed by atoms with Crippen molar-refractivity contribution in [3.8, 4) is 11.1 Å². The van der Waals surface area contributed by atoms with Crippen LogP contribution in [-0.4, -0.2) is 37.6 Å². The number of carbonyl (C=O) groups excluding carboxylic acids is 3. The third-order valence-corrected chi connectivity index (χ3v) is 4.45. The summed E-state index contributed by atoms with van der Waals surface area (Å²) in [6.07, 6.45) is -0.836. The van der Waals surface area contributed by atoms with Gasteiger partial charge < -0.3 is 14.8 Å². The van der Waals surface area contributed by atoms with Crippen molar-refractivity contribution in [2.75, 3.05) is 13.7 Å². The standard InChI is InChI=1S/C20H19NO5/c1-12(22)18(19(23)25-2)21-20(24)26-11-17-15-9-5-3-7-13(15)14-8-4-6-10-16(14)17/h3-10,17-18H,11H2,1-2H3,(H,21,24)/t18-/m0/s1. The van der Waals surface area contributed by atoms with Crippen molar-refractivity contribution in [2.45, 2.75) is 18.9 Å². The lowest BCUT2D eigenvalue weighted by atomic mass is 9.98. The molecule has 0 fully saturated rings. The van der Waals surface area contributed by atoms with Gasteiger partial charge in [-0.3, -0.25) is 4.79 Å². The molecule has 2 aromatic rings. The van der Waals surface area contributed by atoms with E-state index in [1.54, 1.807) is 0 Å². The number of fused-ring (bicyclic) bond motifs is 3. The number of ketones is 1. The van der Waals surface area contributed by atoms with E-state index in [0.29, 0.717) is 0 Å². The van der Waals surface area contributed by atoms with Gasteiger partial charge in [0.25, 0.3) is 0 Å². The summed E-state index contributed by atoms with van der Waals surface area (Å²) in [5.74, 6) is -1.45. The first-order valence-electron chi connectivity index (χ1n) is 8.22. The van der Waals surface area contributed by atoms with E-state index < -0.39 is 23.9 Å². The Morgan fingerprint density at radius 2 is 1.54 bits per heavy atom. The second-order valence-corrected chi connectivity index (χ2v) is 6.04. The number of alkyl carbamates (subject to hydrolysis) is 1. The minimum Gasteiger partial charge on any atom is -0.467 e. The lowest BCUT2D eigenvalue weighted by molar-refractivity contribution is -0.145. The zero-order chi connectivity index (χ0) is 18.7. The Morgan fingerprint density at radius 1 is 1.00 bits per heavy atom. The minimum atomic E-state index is -1.37. The monoisotopic (exact) mass is 353 g/mol. The highest BCUT2D eigenvalue weighted by Crippen LogP contribution is 2.44. The predicted octanol–water partition coefficient (Wildman–Crippen LogP) is 2.66. The van der Waals surface area contributed by atoms with Crippen molar-refractivity contribution >= 4 is 17.8 Å². The molecule has 0 aromatic heterocycles. The molecule has 0 radical (unpaired) electrons. The van der Waals surface area contributed by atoms with Crippen LogP contribution in [0.3, 0.4) is 0 Å². The van der Waals surface area contributed by atoms with Gasteiger partial charge in [-0.25, -0.2) is 9.59 Å².